The lowest BCUT2D eigenvalue weighted by atomic mass is 10.0. The Balaban J connectivity index is 1.48. The van der Waals surface area contributed by atoms with Crippen molar-refractivity contribution in [3.8, 4) is 11.3 Å². The zero-order valence-corrected chi connectivity index (χ0v) is 21.3. The summed E-state index contributed by atoms with van der Waals surface area (Å²) in [6.45, 7) is 5.77. The summed E-state index contributed by atoms with van der Waals surface area (Å²) in [5.74, 6) is 0.653. The molecule has 3 atom stereocenters. The minimum absolute atomic E-state index is 0.0429. The third kappa shape index (κ3) is 6.82. The van der Waals surface area contributed by atoms with E-state index in [1.54, 1.807) is 12.3 Å². The Bertz CT molecular complexity index is 1320. The van der Waals surface area contributed by atoms with Gasteiger partial charge in [0.25, 0.3) is 0 Å². The second-order valence-electron chi connectivity index (χ2n) is 9.60. The number of pyridine rings is 1. The van der Waals surface area contributed by atoms with Crippen LogP contribution in [0.1, 0.15) is 57.3 Å². The van der Waals surface area contributed by atoms with Crippen molar-refractivity contribution in [2.75, 3.05) is 0 Å². The molecule has 0 bridgehead atoms. The first-order valence-corrected chi connectivity index (χ1v) is 12.9. The van der Waals surface area contributed by atoms with Gasteiger partial charge in [0.05, 0.1) is 17.9 Å². The summed E-state index contributed by atoms with van der Waals surface area (Å²) < 4.78 is 0. The smallest absolute Gasteiger partial charge is 0.224 e. The molecule has 1 aliphatic carbocycles. The Labute approximate surface area is 218 Å². The van der Waals surface area contributed by atoms with Gasteiger partial charge in [-0.1, -0.05) is 55.9 Å². The number of carbonyl (C=O) groups excluding carboxylic acids is 2. The molecule has 4 N–H and O–H groups in total. The highest BCUT2D eigenvalue weighted by atomic mass is 16.2. The van der Waals surface area contributed by atoms with E-state index in [4.69, 9.17) is 5.73 Å². The summed E-state index contributed by atoms with van der Waals surface area (Å²) in [4.78, 5) is 36.6. The number of amides is 2. The van der Waals surface area contributed by atoms with Crippen LogP contribution in [-0.4, -0.2) is 26.8 Å². The van der Waals surface area contributed by atoms with Gasteiger partial charge in [0.15, 0.2) is 0 Å². The highest BCUT2D eigenvalue weighted by molar-refractivity contribution is 5.86. The van der Waals surface area contributed by atoms with Crippen LogP contribution in [0, 0.1) is 11.8 Å². The molecule has 3 aromatic rings. The van der Waals surface area contributed by atoms with Crippen LogP contribution >= 0.6 is 0 Å². The normalized spacial score (nSPS) is 18.1. The number of nitrogens with zero attached hydrogens (tertiary/aromatic N) is 2. The molecule has 1 fully saturated rings. The van der Waals surface area contributed by atoms with E-state index in [1.807, 2.05) is 43.6 Å². The number of rotatable bonds is 13. The number of nitrogens with two attached hydrogens (primary N) is 1. The first kappa shape index (κ1) is 26.1. The van der Waals surface area contributed by atoms with Gasteiger partial charge in [-0.15, -0.1) is 0 Å². The van der Waals surface area contributed by atoms with Gasteiger partial charge in [-0.3, -0.25) is 14.6 Å². The van der Waals surface area contributed by atoms with E-state index in [9.17, 15) is 9.59 Å². The third-order valence-electron chi connectivity index (χ3n) is 6.83. The maximum Gasteiger partial charge on any atom is 0.224 e. The number of H-pyrrole nitrogens is 1. The number of aromatic amines is 1. The standard InChI is InChI=1S/C30H35N5O2/c1-3-8-21(9-4-2)24-17-25(24)30(37)35-26(10-6-5-7-11-28(31)36)29-33-19-27(34-29)22-13-12-20-14-15-32-18-23(20)16-22/h3-4,8-9,12-16,18-19,24-26H,1,5-7,10-11,17H2,2H3,(H2,31,36)(H,33,34)(H,35,37)/b9-4-,21-8+/t24?,25?,26-/m0/s1. The van der Waals surface area contributed by atoms with Gasteiger partial charge in [-0.25, -0.2) is 4.98 Å². The van der Waals surface area contributed by atoms with E-state index >= 15 is 0 Å². The van der Waals surface area contributed by atoms with Crippen molar-refractivity contribution in [1.82, 2.24) is 20.3 Å². The summed E-state index contributed by atoms with van der Waals surface area (Å²) >= 11 is 0. The van der Waals surface area contributed by atoms with Crippen molar-refractivity contribution < 1.29 is 9.59 Å². The van der Waals surface area contributed by atoms with E-state index in [-0.39, 0.29) is 29.7 Å². The number of aromatic nitrogens is 3. The van der Waals surface area contributed by atoms with Gasteiger partial charge in [0.2, 0.25) is 11.8 Å². The maximum absolute atomic E-state index is 13.2. The minimum atomic E-state index is -0.282. The fraction of sp³-hybridized carbons (Fsp3) is 0.333. The van der Waals surface area contributed by atoms with Crippen LogP contribution in [0.2, 0.25) is 0 Å². The quantitative estimate of drug-likeness (QED) is 0.212. The van der Waals surface area contributed by atoms with Gasteiger partial charge in [-0.05, 0) is 55.2 Å². The number of hydrogen-bond acceptors (Lipinski definition) is 4. The van der Waals surface area contributed by atoms with Crippen LogP contribution in [0.25, 0.3) is 22.0 Å². The topological polar surface area (TPSA) is 114 Å². The lowest BCUT2D eigenvalue weighted by molar-refractivity contribution is -0.123. The van der Waals surface area contributed by atoms with Crippen LogP contribution in [-0.2, 0) is 9.59 Å². The Kier molecular flexibility index (Phi) is 8.67. The van der Waals surface area contributed by atoms with Crippen LogP contribution in [0.15, 0.2) is 79.3 Å². The highest BCUT2D eigenvalue weighted by Gasteiger charge is 2.44. The van der Waals surface area contributed by atoms with E-state index in [1.165, 1.54) is 0 Å². The van der Waals surface area contributed by atoms with Gasteiger partial charge >= 0.3 is 0 Å². The predicted octanol–water partition coefficient (Wildman–Crippen LogP) is 5.54. The highest BCUT2D eigenvalue weighted by Crippen LogP contribution is 2.45. The summed E-state index contributed by atoms with van der Waals surface area (Å²) in [6.07, 6.45) is 17.6. The fourth-order valence-corrected chi connectivity index (χ4v) is 4.78. The lowest BCUT2D eigenvalue weighted by Gasteiger charge is -2.17. The SMILES string of the molecule is C=C/C=C(\C=C/C)C1CC1C(=O)N[C@@H](CCCCCC(N)=O)c1ncc(-c2ccc3ccncc3c2)[nH]1. The van der Waals surface area contributed by atoms with Gasteiger partial charge in [0.1, 0.15) is 5.82 Å². The molecule has 0 spiro atoms. The molecule has 4 rings (SSSR count). The second-order valence-corrected chi connectivity index (χ2v) is 9.60. The average Bonchev–Trinajstić information content (AvgIpc) is 3.55. The molecule has 0 radical (unpaired) electrons. The molecule has 192 valence electrons. The van der Waals surface area contributed by atoms with Crippen molar-refractivity contribution in [2.24, 2.45) is 17.6 Å². The number of unbranched alkanes of at least 4 members (excludes halogenated alkanes) is 2. The summed E-state index contributed by atoms with van der Waals surface area (Å²) in [6, 6.07) is 7.95. The molecule has 1 aliphatic rings. The molecule has 2 amide bonds. The van der Waals surface area contributed by atoms with Crippen molar-refractivity contribution in [3.63, 3.8) is 0 Å². The fourth-order valence-electron chi connectivity index (χ4n) is 4.78. The summed E-state index contributed by atoms with van der Waals surface area (Å²) in [5.41, 5.74) is 8.31. The van der Waals surface area contributed by atoms with Gasteiger partial charge in [0, 0.05) is 35.7 Å². The van der Waals surface area contributed by atoms with Crippen molar-refractivity contribution in [1.29, 1.82) is 0 Å². The molecule has 2 unspecified atom stereocenters. The number of carbonyl (C=O) groups is 2. The Hall–Kier alpha value is -4.00. The number of primary amides is 1. The predicted molar refractivity (Wildman–Crippen MR) is 147 cm³/mol. The van der Waals surface area contributed by atoms with Crippen LogP contribution < -0.4 is 11.1 Å². The zero-order valence-electron chi connectivity index (χ0n) is 21.3. The number of fused-ring (bicyclic) bond motifs is 1. The second kappa shape index (κ2) is 12.3. The number of nitrogens with one attached hydrogen (secondary N) is 2. The zero-order chi connectivity index (χ0) is 26.2. The Morgan fingerprint density at radius 2 is 2.05 bits per heavy atom. The Morgan fingerprint density at radius 1 is 1.19 bits per heavy atom. The van der Waals surface area contributed by atoms with Crippen molar-refractivity contribution in [2.45, 2.75) is 51.5 Å². The molecule has 7 heteroatoms. The lowest BCUT2D eigenvalue weighted by Crippen LogP contribution is -2.31. The van der Waals surface area contributed by atoms with Gasteiger partial charge in [-0.2, -0.15) is 0 Å². The first-order chi connectivity index (χ1) is 18.0. The molecular weight excluding hydrogens is 462 g/mol. The molecule has 1 saturated carbocycles. The van der Waals surface area contributed by atoms with Crippen LogP contribution in [0.4, 0.5) is 0 Å². The number of allylic oxidation sites excluding steroid dienone is 5. The summed E-state index contributed by atoms with van der Waals surface area (Å²) in [5, 5.41) is 5.43. The van der Waals surface area contributed by atoms with E-state index in [0.717, 1.165) is 65.5 Å². The largest absolute Gasteiger partial charge is 0.370 e. The maximum atomic E-state index is 13.2. The van der Waals surface area contributed by atoms with E-state index < -0.39 is 0 Å². The average molecular weight is 498 g/mol. The molecule has 0 saturated heterocycles. The molecule has 2 aromatic heterocycles. The molecule has 37 heavy (non-hydrogen) atoms. The molecule has 1 aromatic carbocycles. The van der Waals surface area contributed by atoms with Crippen molar-refractivity contribution >= 4 is 22.6 Å². The number of benzene rings is 1. The number of imidazole rings is 1. The van der Waals surface area contributed by atoms with Crippen LogP contribution in [0.3, 0.4) is 0 Å². The minimum Gasteiger partial charge on any atom is -0.370 e. The molecule has 2 heterocycles. The molecule has 0 aliphatic heterocycles. The summed E-state index contributed by atoms with van der Waals surface area (Å²) in [7, 11) is 0. The molecule has 7 nitrogen and oxygen atoms in total. The first-order valence-electron chi connectivity index (χ1n) is 12.9. The Morgan fingerprint density at radius 3 is 2.84 bits per heavy atom. The van der Waals surface area contributed by atoms with E-state index in [0.29, 0.717) is 6.42 Å². The van der Waals surface area contributed by atoms with Crippen LogP contribution in [0.5, 0.6) is 0 Å². The molecular formula is C30H35N5O2. The number of hydrogen-bond donors (Lipinski definition) is 3. The van der Waals surface area contributed by atoms with E-state index in [2.05, 4.69) is 45.0 Å². The monoisotopic (exact) mass is 497 g/mol. The van der Waals surface area contributed by atoms with Gasteiger partial charge < -0.3 is 16.0 Å². The van der Waals surface area contributed by atoms with Crippen molar-refractivity contribution in [3.05, 3.63) is 85.1 Å². The third-order valence-corrected chi connectivity index (χ3v) is 6.83.